The van der Waals surface area contributed by atoms with Gasteiger partial charge in [-0.2, -0.15) is 0 Å². The summed E-state index contributed by atoms with van der Waals surface area (Å²) in [5.74, 6) is 0.914. The Bertz CT molecular complexity index is 2760. The Labute approximate surface area is 320 Å². The molecule has 0 bridgehead atoms. The summed E-state index contributed by atoms with van der Waals surface area (Å²) in [6.45, 7) is 4.80. The van der Waals surface area contributed by atoms with Crippen LogP contribution >= 0.6 is 11.3 Å². The molecule has 258 valence electrons. The molecule has 0 radical (unpaired) electrons. The molecule has 1 aliphatic heterocycles. The minimum absolute atomic E-state index is 0.280. The lowest BCUT2D eigenvalue weighted by molar-refractivity contribution is 0.638. The zero-order valence-electron chi connectivity index (χ0n) is 30.1. The normalized spacial score (nSPS) is 13.5. The number of hydrogen-bond donors (Lipinski definition) is 0. The van der Waals surface area contributed by atoms with Crippen molar-refractivity contribution < 1.29 is 0 Å². The predicted molar refractivity (Wildman–Crippen MR) is 231 cm³/mol. The lowest BCUT2D eigenvalue weighted by Crippen LogP contribution is -2.75. The largest absolute Gasteiger partial charge is 0.294 e. The summed E-state index contributed by atoms with van der Waals surface area (Å²) in [7, 11) is -3.11. The van der Waals surface area contributed by atoms with Crippen LogP contribution in [0.5, 0.6) is 0 Å². The lowest BCUT2D eigenvalue weighted by Gasteiger charge is -2.43. The molecule has 0 saturated carbocycles. The Morgan fingerprint density at radius 2 is 1.20 bits per heavy atom. The second kappa shape index (κ2) is 12.8. The van der Waals surface area contributed by atoms with Gasteiger partial charge in [0, 0.05) is 49.1 Å². The van der Waals surface area contributed by atoms with E-state index in [0.29, 0.717) is 0 Å². The molecular formula is C49H37N3SSi. The first-order valence-corrected chi connectivity index (χ1v) is 21.3. The standard InChI is InChI=1S/C49H37N3SSi/c1-49(2)39-25-10-11-27-41(39)52(45-29-14-16-31-51-45)42-33-44(46-38-24-9-12-28-43(38)53-48(46)47(42)49)54(35-19-5-3-6-20-35,36-21-7-4-8-22-36)37-23-17-18-34(32-37)40-26-13-15-30-50-40/h3-33H,1-2H3. The summed E-state index contributed by atoms with van der Waals surface area (Å²) in [5.41, 5.74) is 6.81. The Morgan fingerprint density at radius 3 is 1.93 bits per heavy atom. The quantitative estimate of drug-likeness (QED) is 0.126. The van der Waals surface area contributed by atoms with Crippen molar-refractivity contribution >= 4 is 77.5 Å². The highest BCUT2D eigenvalue weighted by Gasteiger charge is 2.47. The topological polar surface area (TPSA) is 29.0 Å². The van der Waals surface area contributed by atoms with Crippen LogP contribution in [0.1, 0.15) is 25.0 Å². The van der Waals surface area contributed by atoms with Crippen LogP contribution in [0.25, 0.3) is 31.4 Å². The van der Waals surface area contributed by atoms with Gasteiger partial charge in [0.25, 0.3) is 0 Å². The van der Waals surface area contributed by atoms with Crippen molar-refractivity contribution in [1.82, 2.24) is 9.97 Å². The minimum atomic E-state index is -3.11. The van der Waals surface area contributed by atoms with E-state index in [1.165, 1.54) is 63.4 Å². The molecule has 0 unspecified atom stereocenters. The van der Waals surface area contributed by atoms with Gasteiger partial charge in [-0.05, 0) is 68.8 Å². The molecule has 0 spiro atoms. The fourth-order valence-corrected chi connectivity index (χ4v) is 15.5. The number of para-hydroxylation sites is 1. The lowest BCUT2D eigenvalue weighted by atomic mass is 9.73. The van der Waals surface area contributed by atoms with Crippen molar-refractivity contribution in [2.24, 2.45) is 0 Å². The number of benzene rings is 6. The maximum atomic E-state index is 5.02. The van der Waals surface area contributed by atoms with E-state index in [9.17, 15) is 0 Å². The Kier molecular flexibility index (Phi) is 7.68. The highest BCUT2D eigenvalue weighted by atomic mass is 32.1. The van der Waals surface area contributed by atoms with Gasteiger partial charge in [0.1, 0.15) is 5.82 Å². The van der Waals surface area contributed by atoms with Gasteiger partial charge in [-0.15, -0.1) is 11.3 Å². The number of pyridine rings is 2. The fraction of sp³-hybridized carbons (Fsp3) is 0.0612. The highest BCUT2D eigenvalue weighted by molar-refractivity contribution is 7.27. The summed E-state index contributed by atoms with van der Waals surface area (Å²) in [5, 5.41) is 8.03. The molecule has 0 amide bonds. The third-order valence-corrected chi connectivity index (χ3v) is 17.2. The molecule has 9 aromatic rings. The van der Waals surface area contributed by atoms with Gasteiger partial charge in [-0.1, -0.05) is 147 Å². The van der Waals surface area contributed by atoms with E-state index in [-0.39, 0.29) is 5.41 Å². The van der Waals surface area contributed by atoms with E-state index >= 15 is 0 Å². The first-order chi connectivity index (χ1) is 26.6. The van der Waals surface area contributed by atoms with Gasteiger partial charge in [0.2, 0.25) is 0 Å². The van der Waals surface area contributed by atoms with Crippen LogP contribution in [0, 0.1) is 0 Å². The fourth-order valence-electron chi connectivity index (χ4n) is 8.94. The monoisotopic (exact) mass is 727 g/mol. The SMILES string of the molecule is CC1(C)c2ccccc2N(c2ccccn2)c2cc([Si](c3ccccc3)(c3ccccc3)c3cccc(-c4ccccn4)c3)c3c(sc4ccccc43)c21. The minimum Gasteiger partial charge on any atom is -0.294 e. The maximum Gasteiger partial charge on any atom is 0.180 e. The molecule has 0 saturated heterocycles. The van der Waals surface area contributed by atoms with Crippen LogP contribution in [-0.2, 0) is 5.41 Å². The van der Waals surface area contributed by atoms with Crippen molar-refractivity contribution in [2.45, 2.75) is 19.3 Å². The van der Waals surface area contributed by atoms with Gasteiger partial charge in [-0.3, -0.25) is 9.88 Å². The van der Waals surface area contributed by atoms with Crippen LogP contribution < -0.4 is 25.6 Å². The molecule has 3 aromatic heterocycles. The average Bonchev–Trinajstić information content (AvgIpc) is 3.62. The van der Waals surface area contributed by atoms with Gasteiger partial charge in [-0.25, -0.2) is 4.98 Å². The van der Waals surface area contributed by atoms with E-state index in [4.69, 9.17) is 9.97 Å². The third kappa shape index (κ3) is 4.86. The zero-order chi connectivity index (χ0) is 36.3. The first kappa shape index (κ1) is 32.5. The molecule has 0 atom stereocenters. The first-order valence-electron chi connectivity index (χ1n) is 18.5. The number of hydrogen-bond acceptors (Lipinski definition) is 4. The molecule has 0 fully saturated rings. The molecule has 1 aliphatic rings. The van der Waals surface area contributed by atoms with Crippen LogP contribution in [0.2, 0.25) is 0 Å². The summed E-state index contributed by atoms with van der Waals surface area (Å²) in [6, 6.07) is 64.7. The highest BCUT2D eigenvalue weighted by Crippen LogP contribution is 2.55. The molecule has 54 heavy (non-hydrogen) atoms. The summed E-state index contributed by atoms with van der Waals surface area (Å²) >= 11 is 1.93. The van der Waals surface area contributed by atoms with Crippen molar-refractivity contribution in [2.75, 3.05) is 4.90 Å². The number of rotatable bonds is 6. The Morgan fingerprint density at radius 1 is 0.556 bits per heavy atom. The number of fused-ring (bicyclic) bond motifs is 6. The second-order valence-electron chi connectivity index (χ2n) is 14.6. The van der Waals surface area contributed by atoms with E-state index < -0.39 is 8.07 Å². The van der Waals surface area contributed by atoms with Gasteiger partial charge < -0.3 is 0 Å². The Balaban J connectivity index is 1.43. The van der Waals surface area contributed by atoms with Crippen molar-refractivity contribution in [1.29, 1.82) is 0 Å². The van der Waals surface area contributed by atoms with E-state index in [2.05, 4.69) is 183 Å². The summed E-state index contributed by atoms with van der Waals surface area (Å²) in [4.78, 5) is 12.3. The number of thiophene rings is 1. The zero-order valence-corrected chi connectivity index (χ0v) is 32.0. The molecule has 0 aliphatic carbocycles. The van der Waals surface area contributed by atoms with Crippen LogP contribution in [-0.4, -0.2) is 18.0 Å². The number of anilines is 3. The van der Waals surface area contributed by atoms with E-state index in [0.717, 1.165) is 17.1 Å². The molecule has 10 rings (SSSR count). The molecule has 3 nitrogen and oxygen atoms in total. The van der Waals surface area contributed by atoms with Crippen molar-refractivity contribution in [3.63, 3.8) is 0 Å². The summed E-state index contributed by atoms with van der Waals surface area (Å²) in [6.07, 6.45) is 3.80. The average molecular weight is 728 g/mol. The molecular weight excluding hydrogens is 691 g/mol. The second-order valence-corrected chi connectivity index (χ2v) is 19.4. The Hall–Kier alpha value is -6.14. The van der Waals surface area contributed by atoms with Crippen molar-refractivity contribution in [3.8, 4) is 11.3 Å². The molecule has 4 heterocycles. The summed E-state index contributed by atoms with van der Waals surface area (Å²) < 4.78 is 2.64. The van der Waals surface area contributed by atoms with Crippen molar-refractivity contribution in [3.05, 3.63) is 199 Å². The van der Waals surface area contributed by atoms with Gasteiger partial charge in [0.15, 0.2) is 8.07 Å². The van der Waals surface area contributed by atoms with Crippen LogP contribution in [0.4, 0.5) is 17.2 Å². The molecule has 6 aromatic carbocycles. The van der Waals surface area contributed by atoms with E-state index in [1.807, 2.05) is 35.9 Å². The van der Waals surface area contributed by atoms with Gasteiger partial charge >= 0.3 is 0 Å². The molecule has 0 N–H and O–H groups in total. The molecule has 5 heteroatoms. The number of nitrogens with zero attached hydrogens (tertiary/aromatic N) is 3. The van der Waals surface area contributed by atoms with Gasteiger partial charge in [0.05, 0.1) is 17.1 Å². The third-order valence-electron chi connectivity index (χ3n) is 11.3. The van der Waals surface area contributed by atoms with Crippen LogP contribution in [0.15, 0.2) is 188 Å². The predicted octanol–water partition coefficient (Wildman–Crippen LogP) is 10.00. The van der Waals surface area contributed by atoms with E-state index in [1.54, 1.807) is 0 Å². The smallest absolute Gasteiger partial charge is 0.180 e. The van der Waals surface area contributed by atoms with Crippen LogP contribution in [0.3, 0.4) is 0 Å². The number of aromatic nitrogens is 2. The maximum absolute atomic E-state index is 5.02.